The van der Waals surface area contributed by atoms with Crippen LogP contribution in [0.15, 0.2) is 6.20 Å². The number of carbonyl (C=O) groups is 1. The minimum absolute atomic E-state index is 0.00556. The van der Waals surface area contributed by atoms with Crippen LogP contribution in [0.3, 0.4) is 0 Å². The monoisotopic (exact) mass is 269 g/mol. The molecule has 0 aliphatic heterocycles. The van der Waals surface area contributed by atoms with E-state index in [4.69, 9.17) is 0 Å². The largest absolute Gasteiger partial charge is 0.381 e. The lowest BCUT2D eigenvalue weighted by Crippen LogP contribution is -2.33. The van der Waals surface area contributed by atoms with Crippen molar-refractivity contribution in [2.75, 3.05) is 27.2 Å². The summed E-state index contributed by atoms with van der Waals surface area (Å²) in [7, 11) is 3.56. The van der Waals surface area contributed by atoms with Gasteiger partial charge in [0.1, 0.15) is 6.20 Å². The summed E-state index contributed by atoms with van der Waals surface area (Å²) < 4.78 is 1.63. The maximum atomic E-state index is 11.8. The van der Waals surface area contributed by atoms with Gasteiger partial charge in [0, 0.05) is 40.0 Å². The van der Waals surface area contributed by atoms with E-state index in [1.54, 1.807) is 23.4 Å². The molecule has 8 heteroatoms. The Morgan fingerprint density at radius 2 is 2.32 bits per heavy atom. The van der Waals surface area contributed by atoms with Gasteiger partial charge in [-0.1, -0.05) is 0 Å². The van der Waals surface area contributed by atoms with Gasteiger partial charge in [0.05, 0.1) is 0 Å². The standard InChI is InChI=1S/C11H19N5O3/c1-9-13-10(16(18)19)8-15(9)6-4-11(17)14(3)7-5-12-2/h8,12H,4-7H2,1-3H3. The fraction of sp³-hybridized carbons (Fsp3) is 0.636. The molecule has 0 aliphatic carbocycles. The molecular weight excluding hydrogens is 250 g/mol. The molecule has 0 aromatic carbocycles. The number of nitrogens with zero attached hydrogens (tertiary/aromatic N) is 4. The zero-order chi connectivity index (χ0) is 14.4. The van der Waals surface area contributed by atoms with Crippen molar-refractivity contribution >= 4 is 11.7 Å². The molecule has 0 saturated carbocycles. The summed E-state index contributed by atoms with van der Waals surface area (Å²) >= 11 is 0. The van der Waals surface area contributed by atoms with E-state index >= 15 is 0 Å². The van der Waals surface area contributed by atoms with Crippen LogP contribution in [0.1, 0.15) is 12.2 Å². The van der Waals surface area contributed by atoms with Gasteiger partial charge in [-0.2, -0.15) is 0 Å². The SMILES string of the molecule is CNCCN(C)C(=O)CCn1cc([N+](=O)[O-])nc1C. The molecule has 19 heavy (non-hydrogen) atoms. The first-order valence-corrected chi connectivity index (χ1v) is 6.02. The van der Waals surface area contributed by atoms with Crippen molar-refractivity contribution in [3.8, 4) is 0 Å². The maximum absolute atomic E-state index is 11.8. The van der Waals surface area contributed by atoms with Crippen LogP contribution in [0.5, 0.6) is 0 Å². The summed E-state index contributed by atoms with van der Waals surface area (Å²) in [4.78, 5) is 27.3. The Balaban J connectivity index is 2.52. The predicted octanol–water partition coefficient (Wildman–Crippen LogP) is 0.168. The molecule has 1 N–H and O–H groups in total. The Kier molecular flexibility index (Phi) is 5.43. The second kappa shape index (κ2) is 6.83. The van der Waals surface area contributed by atoms with Crippen molar-refractivity contribution < 1.29 is 9.72 Å². The third-order valence-corrected chi connectivity index (χ3v) is 2.84. The molecular formula is C11H19N5O3. The zero-order valence-corrected chi connectivity index (χ0v) is 11.4. The van der Waals surface area contributed by atoms with Gasteiger partial charge < -0.3 is 24.9 Å². The number of rotatable bonds is 7. The van der Waals surface area contributed by atoms with Crippen molar-refractivity contribution in [3.63, 3.8) is 0 Å². The lowest BCUT2D eigenvalue weighted by atomic mass is 10.3. The Hall–Kier alpha value is -1.96. The van der Waals surface area contributed by atoms with Gasteiger partial charge in [0.2, 0.25) is 11.7 Å². The summed E-state index contributed by atoms with van der Waals surface area (Å²) in [6, 6.07) is 0. The van der Waals surface area contributed by atoms with Crippen LogP contribution >= 0.6 is 0 Å². The van der Waals surface area contributed by atoms with Crippen LogP contribution in [-0.2, 0) is 11.3 Å². The molecule has 1 rings (SSSR count). The molecule has 0 radical (unpaired) electrons. The fourth-order valence-corrected chi connectivity index (χ4v) is 1.62. The molecule has 0 fully saturated rings. The lowest BCUT2D eigenvalue weighted by molar-refractivity contribution is -0.389. The number of carbonyl (C=O) groups excluding carboxylic acids is 1. The first-order chi connectivity index (χ1) is 8.95. The third kappa shape index (κ3) is 4.32. The highest BCUT2D eigenvalue weighted by Crippen LogP contribution is 2.11. The molecule has 0 aliphatic rings. The van der Waals surface area contributed by atoms with Crippen molar-refractivity contribution in [2.45, 2.75) is 19.9 Å². The summed E-state index contributed by atoms with van der Waals surface area (Å²) in [5.41, 5.74) is 0. The number of aromatic nitrogens is 2. The van der Waals surface area contributed by atoms with Crippen LogP contribution in [-0.4, -0.2) is 52.5 Å². The number of hydrogen-bond acceptors (Lipinski definition) is 5. The summed E-state index contributed by atoms with van der Waals surface area (Å²) in [5.74, 6) is 0.358. The second-order valence-corrected chi connectivity index (χ2v) is 4.27. The lowest BCUT2D eigenvalue weighted by Gasteiger charge is -2.16. The third-order valence-electron chi connectivity index (χ3n) is 2.84. The minimum atomic E-state index is -0.537. The van der Waals surface area contributed by atoms with E-state index in [1.807, 2.05) is 7.05 Å². The molecule has 0 saturated heterocycles. The van der Waals surface area contributed by atoms with E-state index in [0.29, 0.717) is 25.3 Å². The first kappa shape index (κ1) is 15.1. The van der Waals surface area contributed by atoms with E-state index in [-0.39, 0.29) is 11.7 Å². The van der Waals surface area contributed by atoms with E-state index in [0.717, 1.165) is 6.54 Å². The van der Waals surface area contributed by atoms with Crippen LogP contribution in [0, 0.1) is 17.0 Å². The second-order valence-electron chi connectivity index (χ2n) is 4.27. The van der Waals surface area contributed by atoms with E-state index < -0.39 is 4.92 Å². The maximum Gasteiger partial charge on any atom is 0.381 e. The molecule has 1 aromatic rings. The molecule has 8 nitrogen and oxygen atoms in total. The average Bonchev–Trinajstić information content (AvgIpc) is 2.74. The molecule has 0 atom stereocenters. The highest BCUT2D eigenvalue weighted by Gasteiger charge is 2.16. The molecule has 0 unspecified atom stereocenters. The number of aryl methyl sites for hydroxylation is 2. The Morgan fingerprint density at radius 3 is 2.84 bits per heavy atom. The van der Waals surface area contributed by atoms with Crippen molar-refractivity contribution in [1.29, 1.82) is 0 Å². The number of amides is 1. The van der Waals surface area contributed by atoms with Crippen LogP contribution < -0.4 is 5.32 Å². The highest BCUT2D eigenvalue weighted by atomic mass is 16.6. The van der Waals surface area contributed by atoms with Gasteiger partial charge in [-0.15, -0.1) is 0 Å². The molecule has 0 spiro atoms. The van der Waals surface area contributed by atoms with E-state index in [1.165, 1.54) is 6.20 Å². The van der Waals surface area contributed by atoms with Gasteiger partial charge >= 0.3 is 5.82 Å². The Morgan fingerprint density at radius 1 is 1.63 bits per heavy atom. The summed E-state index contributed by atoms with van der Waals surface area (Å²) in [6.45, 7) is 3.45. The number of hydrogen-bond donors (Lipinski definition) is 1. The quantitative estimate of drug-likeness (QED) is 0.562. The highest BCUT2D eigenvalue weighted by molar-refractivity contribution is 5.75. The van der Waals surface area contributed by atoms with Crippen LogP contribution in [0.25, 0.3) is 0 Å². The van der Waals surface area contributed by atoms with E-state index in [9.17, 15) is 14.9 Å². The smallest absolute Gasteiger partial charge is 0.358 e. The Labute approximate surface area is 111 Å². The topological polar surface area (TPSA) is 93.3 Å². The van der Waals surface area contributed by atoms with Crippen molar-refractivity contribution in [3.05, 3.63) is 22.1 Å². The number of imidazole rings is 1. The number of nitro groups is 1. The van der Waals surface area contributed by atoms with Crippen molar-refractivity contribution in [2.24, 2.45) is 0 Å². The average molecular weight is 269 g/mol. The molecule has 1 heterocycles. The van der Waals surface area contributed by atoms with Crippen LogP contribution in [0.4, 0.5) is 5.82 Å². The van der Waals surface area contributed by atoms with Gasteiger partial charge in [0.15, 0.2) is 0 Å². The van der Waals surface area contributed by atoms with Gasteiger partial charge in [-0.25, -0.2) is 0 Å². The van der Waals surface area contributed by atoms with Crippen LogP contribution in [0.2, 0.25) is 0 Å². The zero-order valence-electron chi connectivity index (χ0n) is 11.4. The number of likely N-dealkylation sites (N-methyl/N-ethyl adjacent to an activating group) is 2. The molecule has 1 amide bonds. The molecule has 1 aromatic heterocycles. The predicted molar refractivity (Wildman–Crippen MR) is 69.8 cm³/mol. The molecule has 106 valence electrons. The fourth-order valence-electron chi connectivity index (χ4n) is 1.62. The van der Waals surface area contributed by atoms with Gasteiger partial charge in [-0.05, 0) is 17.0 Å². The van der Waals surface area contributed by atoms with Crippen molar-refractivity contribution in [1.82, 2.24) is 19.8 Å². The number of nitrogens with one attached hydrogen (secondary N) is 1. The Bertz CT molecular complexity index is 457. The normalized spacial score (nSPS) is 10.5. The summed E-state index contributed by atoms with van der Waals surface area (Å²) in [6.07, 6.45) is 1.66. The van der Waals surface area contributed by atoms with Gasteiger partial charge in [-0.3, -0.25) is 4.79 Å². The molecule has 0 bridgehead atoms. The first-order valence-electron chi connectivity index (χ1n) is 6.02. The minimum Gasteiger partial charge on any atom is -0.358 e. The summed E-state index contributed by atoms with van der Waals surface area (Å²) in [5, 5.41) is 13.5. The van der Waals surface area contributed by atoms with Gasteiger partial charge in [0.25, 0.3) is 0 Å². The van der Waals surface area contributed by atoms with E-state index in [2.05, 4.69) is 10.3 Å².